The summed E-state index contributed by atoms with van der Waals surface area (Å²) in [6.07, 6.45) is 1.56. The van der Waals surface area contributed by atoms with Crippen LogP contribution in [0.1, 0.15) is 36.5 Å². The highest BCUT2D eigenvalue weighted by atomic mass is 16.3. The lowest BCUT2D eigenvalue weighted by Gasteiger charge is -2.18. The molecule has 0 atom stereocenters. The SMILES string of the molecule is CC(=O)NCCCC(=C(c1ccc(O)cc1)c1ccc(O)cc1)c1ccccc1. The maximum absolute atomic E-state index is 11.2. The van der Waals surface area contributed by atoms with E-state index in [1.165, 1.54) is 6.92 Å². The molecule has 0 saturated carbocycles. The summed E-state index contributed by atoms with van der Waals surface area (Å²) in [5.41, 5.74) is 5.25. The average molecular weight is 387 g/mol. The molecule has 29 heavy (non-hydrogen) atoms. The number of nitrogens with one attached hydrogen (secondary N) is 1. The number of benzene rings is 3. The monoisotopic (exact) mass is 387 g/mol. The Morgan fingerprint density at radius 2 is 1.28 bits per heavy atom. The van der Waals surface area contributed by atoms with Crippen molar-refractivity contribution < 1.29 is 15.0 Å². The minimum absolute atomic E-state index is 0.0347. The third kappa shape index (κ3) is 5.48. The van der Waals surface area contributed by atoms with Crippen molar-refractivity contribution in [1.82, 2.24) is 5.32 Å². The molecule has 148 valence electrons. The van der Waals surface area contributed by atoms with Crippen molar-refractivity contribution in [3.8, 4) is 11.5 Å². The molecule has 3 aromatic rings. The maximum Gasteiger partial charge on any atom is 0.216 e. The van der Waals surface area contributed by atoms with Crippen LogP contribution in [0.4, 0.5) is 0 Å². The summed E-state index contributed by atoms with van der Waals surface area (Å²) in [6.45, 7) is 2.12. The molecule has 3 rings (SSSR count). The van der Waals surface area contributed by atoms with Gasteiger partial charge in [-0.2, -0.15) is 0 Å². The molecule has 4 nitrogen and oxygen atoms in total. The number of hydrogen-bond acceptors (Lipinski definition) is 3. The highest BCUT2D eigenvalue weighted by Crippen LogP contribution is 2.36. The van der Waals surface area contributed by atoms with Crippen LogP contribution in [0.25, 0.3) is 11.1 Å². The molecule has 0 aliphatic rings. The first-order chi connectivity index (χ1) is 14.0. The van der Waals surface area contributed by atoms with E-state index < -0.39 is 0 Å². The fraction of sp³-hybridized carbons (Fsp3) is 0.160. The van der Waals surface area contributed by atoms with E-state index in [-0.39, 0.29) is 17.4 Å². The van der Waals surface area contributed by atoms with E-state index >= 15 is 0 Å². The van der Waals surface area contributed by atoms with Crippen molar-refractivity contribution in [1.29, 1.82) is 0 Å². The molecule has 3 N–H and O–H groups in total. The zero-order chi connectivity index (χ0) is 20.6. The van der Waals surface area contributed by atoms with Crippen LogP contribution < -0.4 is 5.32 Å². The smallest absolute Gasteiger partial charge is 0.216 e. The number of carbonyl (C=O) groups excluding carboxylic acids is 1. The lowest BCUT2D eigenvalue weighted by atomic mass is 9.87. The molecule has 0 aliphatic carbocycles. The van der Waals surface area contributed by atoms with Gasteiger partial charge in [0.05, 0.1) is 0 Å². The Kier molecular flexibility index (Phi) is 6.69. The van der Waals surface area contributed by atoms with Gasteiger partial charge in [-0.25, -0.2) is 0 Å². The quantitative estimate of drug-likeness (QED) is 0.396. The van der Waals surface area contributed by atoms with Gasteiger partial charge in [0.2, 0.25) is 5.91 Å². The highest BCUT2D eigenvalue weighted by Gasteiger charge is 2.14. The molecule has 0 saturated heterocycles. The van der Waals surface area contributed by atoms with Gasteiger partial charge >= 0.3 is 0 Å². The zero-order valence-corrected chi connectivity index (χ0v) is 16.4. The van der Waals surface area contributed by atoms with E-state index in [9.17, 15) is 15.0 Å². The number of aromatic hydroxyl groups is 2. The number of hydrogen-bond donors (Lipinski definition) is 3. The Morgan fingerprint density at radius 3 is 1.76 bits per heavy atom. The summed E-state index contributed by atoms with van der Waals surface area (Å²) in [5.74, 6) is 0.393. The Hall–Kier alpha value is -3.53. The summed E-state index contributed by atoms with van der Waals surface area (Å²) < 4.78 is 0. The van der Waals surface area contributed by atoms with E-state index in [0.717, 1.165) is 40.7 Å². The van der Waals surface area contributed by atoms with E-state index in [4.69, 9.17) is 0 Å². The molecule has 0 heterocycles. The standard InChI is InChI=1S/C25H25NO3/c1-18(27)26-17-5-8-24(19-6-3-2-4-7-19)25(20-9-13-22(28)14-10-20)21-11-15-23(29)16-12-21/h2-4,6-7,9-16,28-29H,5,8,17H2,1H3,(H,26,27). The predicted octanol–water partition coefficient (Wildman–Crippen LogP) is 4.97. The molecule has 4 heteroatoms. The van der Waals surface area contributed by atoms with Gasteiger partial charge < -0.3 is 15.5 Å². The number of rotatable bonds is 7. The van der Waals surface area contributed by atoms with Crippen molar-refractivity contribution >= 4 is 17.1 Å². The minimum atomic E-state index is -0.0347. The summed E-state index contributed by atoms with van der Waals surface area (Å²) in [6, 6.07) is 24.5. The molecule has 1 amide bonds. The van der Waals surface area contributed by atoms with Gasteiger partial charge in [0.25, 0.3) is 0 Å². The van der Waals surface area contributed by atoms with Gasteiger partial charge in [-0.3, -0.25) is 4.79 Å². The van der Waals surface area contributed by atoms with Gasteiger partial charge in [-0.05, 0) is 64.9 Å². The van der Waals surface area contributed by atoms with Gasteiger partial charge in [-0.15, -0.1) is 0 Å². The van der Waals surface area contributed by atoms with Crippen LogP contribution >= 0.6 is 0 Å². The van der Waals surface area contributed by atoms with Crippen LogP contribution in [0.3, 0.4) is 0 Å². The van der Waals surface area contributed by atoms with Gasteiger partial charge in [0.15, 0.2) is 0 Å². The Morgan fingerprint density at radius 1 is 0.759 bits per heavy atom. The molecule has 0 spiro atoms. The lowest BCUT2D eigenvalue weighted by molar-refractivity contribution is -0.118. The first-order valence-corrected chi connectivity index (χ1v) is 9.66. The van der Waals surface area contributed by atoms with Gasteiger partial charge in [0.1, 0.15) is 11.5 Å². The second-order valence-corrected chi connectivity index (χ2v) is 6.90. The molecule has 3 aromatic carbocycles. The summed E-state index contributed by atoms with van der Waals surface area (Å²) in [4.78, 5) is 11.2. The first-order valence-electron chi connectivity index (χ1n) is 9.66. The number of phenols is 2. The van der Waals surface area contributed by atoms with Crippen LogP contribution in [0.2, 0.25) is 0 Å². The molecule has 0 bridgehead atoms. The van der Waals surface area contributed by atoms with Crippen LogP contribution in [-0.4, -0.2) is 22.7 Å². The van der Waals surface area contributed by atoms with Crippen molar-refractivity contribution in [2.45, 2.75) is 19.8 Å². The second-order valence-electron chi connectivity index (χ2n) is 6.90. The van der Waals surface area contributed by atoms with Crippen molar-refractivity contribution in [3.63, 3.8) is 0 Å². The molecule has 0 radical (unpaired) electrons. The summed E-state index contributed by atoms with van der Waals surface area (Å²) >= 11 is 0. The predicted molar refractivity (Wildman–Crippen MR) is 116 cm³/mol. The van der Waals surface area contributed by atoms with Crippen molar-refractivity contribution in [2.24, 2.45) is 0 Å². The number of amides is 1. The minimum Gasteiger partial charge on any atom is -0.508 e. The number of carbonyl (C=O) groups is 1. The van der Waals surface area contributed by atoms with Crippen LogP contribution in [-0.2, 0) is 4.79 Å². The highest BCUT2D eigenvalue weighted by molar-refractivity contribution is 5.98. The molecule has 0 unspecified atom stereocenters. The molecule has 0 fully saturated rings. The third-order valence-corrected chi connectivity index (χ3v) is 4.71. The Balaban J connectivity index is 2.13. The number of allylic oxidation sites excluding steroid dienone is 1. The summed E-state index contributed by atoms with van der Waals surface area (Å²) in [5, 5.41) is 22.3. The normalized spacial score (nSPS) is 10.4. The summed E-state index contributed by atoms with van der Waals surface area (Å²) in [7, 11) is 0. The van der Waals surface area contributed by atoms with E-state index in [2.05, 4.69) is 17.4 Å². The van der Waals surface area contributed by atoms with E-state index in [0.29, 0.717) is 6.54 Å². The van der Waals surface area contributed by atoms with Crippen LogP contribution in [0.5, 0.6) is 11.5 Å². The second kappa shape index (κ2) is 9.60. The Bertz CT molecular complexity index is 927. The lowest BCUT2D eigenvalue weighted by Crippen LogP contribution is -2.20. The fourth-order valence-corrected chi connectivity index (χ4v) is 3.35. The molecule has 0 aliphatic heterocycles. The number of phenolic OH excluding ortho intramolecular Hbond substituents is 2. The third-order valence-electron chi connectivity index (χ3n) is 4.71. The van der Waals surface area contributed by atoms with Crippen LogP contribution in [0.15, 0.2) is 78.9 Å². The Labute approximate surface area is 171 Å². The van der Waals surface area contributed by atoms with E-state index in [1.54, 1.807) is 24.3 Å². The maximum atomic E-state index is 11.2. The molecular weight excluding hydrogens is 362 g/mol. The van der Waals surface area contributed by atoms with Crippen molar-refractivity contribution in [3.05, 3.63) is 95.6 Å². The topological polar surface area (TPSA) is 69.6 Å². The molecular formula is C25H25NO3. The van der Waals surface area contributed by atoms with Crippen molar-refractivity contribution in [2.75, 3.05) is 6.54 Å². The zero-order valence-electron chi connectivity index (χ0n) is 16.4. The van der Waals surface area contributed by atoms with Gasteiger partial charge in [-0.1, -0.05) is 54.6 Å². The fourth-order valence-electron chi connectivity index (χ4n) is 3.35. The van der Waals surface area contributed by atoms with E-state index in [1.807, 2.05) is 42.5 Å². The molecule has 0 aromatic heterocycles. The largest absolute Gasteiger partial charge is 0.508 e. The van der Waals surface area contributed by atoms with Crippen LogP contribution in [0, 0.1) is 0 Å². The first kappa shape index (κ1) is 20.2. The average Bonchev–Trinajstić information content (AvgIpc) is 2.73. The van der Waals surface area contributed by atoms with Gasteiger partial charge in [0, 0.05) is 13.5 Å².